The van der Waals surface area contributed by atoms with E-state index in [1.807, 2.05) is 6.07 Å². The molecule has 1 atom stereocenters. The van der Waals surface area contributed by atoms with Gasteiger partial charge in [0.1, 0.15) is 5.75 Å². The Morgan fingerprint density at radius 1 is 1.40 bits per heavy atom. The van der Waals surface area contributed by atoms with Crippen molar-refractivity contribution >= 4 is 0 Å². The monoisotopic (exact) mass is 206 g/mol. The summed E-state index contributed by atoms with van der Waals surface area (Å²) in [7, 11) is 0. The van der Waals surface area contributed by atoms with Gasteiger partial charge in [0.2, 0.25) is 0 Å². The first-order valence-corrected chi connectivity index (χ1v) is 5.52. The molecule has 0 saturated heterocycles. The van der Waals surface area contributed by atoms with E-state index in [2.05, 4.69) is 12.1 Å². The van der Waals surface area contributed by atoms with Gasteiger partial charge in [-0.15, -0.1) is 0 Å². The van der Waals surface area contributed by atoms with Crippen LogP contribution in [0.1, 0.15) is 30.0 Å². The first kappa shape index (κ1) is 10.5. The van der Waals surface area contributed by atoms with E-state index < -0.39 is 0 Å². The van der Waals surface area contributed by atoms with Gasteiger partial charge in [-0.3, -0.25) is 0 Å². The number of nitrogens with two attached hydrogens (primary N) is 2. The van der Waals surface area contributed by atoms with Crippen LogP contribution < -0.4 is 16.2 Å². The van der Waals surface area contributed by atoms with Gasteiger partial charge in [0.15, 0.2) is 0 Å². The minimum Gasteiger partial charge on any atom is -0.493 e. The molecule has 3 nitrogen and oxygen atoms in total. The molecule has 0 saturated carbocycles. The van der Waals surface area contributed by atoms with Crippen molar-refractivity contribution in [1.29, 1.82) is 0 Å². The van der Waals surface area contributed by atoms with Crippen molar-refractivity contribution in [3.8, 4) is 5.75 Å². The molecule has 0 unspecified atom stereocenters. The van der Waals surface area contributed by atoms with E-state index >= 15 is 0 Å². The van der Waals surface area contributed by atoms with Crippen LogP contribution in [-0.2, 0) is 6.42 Å². The molecule has 0 aromatic heterocycles. The zero-order chi connectivity index (χ0) is 10.7. The SMILES string of the molecule is NCCC[C@H](N)c1ccc2c(c1)CCO2. The molecule has 1 aliphatic rings. The fraction of sp³-hybridized carbons (Fsp3) is 0.500. The van der Waals surface area contributed by atoms with Gasteiger partial charge in [-0.1, -0.05) is 12.1 Å². The summed E-state index contributed by atoms with van der Waals surface area (Å²) in [5.74, 6) is 1.02. The topological polar surface area (TPSA) is 61.3 Å². The third-order valence-electron chi connectivity index (χ3n) is 2.86. The Morgan fingerprint density at radius 3 is 3.07 bits per heavy atom. The van der Waals surface area contributed by atoms with Gasteiger partial charge < -0.3 is 16.2 Å². The molecule has 15 heavy (non-hydrogen) atoms. The first-order valence-electron chi connectivity index (χ1n) is 5.52. The van der Waals surface area contributed by atoms with E-state index in [0.717, 1.165) is 31.6 Å². The molecule has 1 aromatic carbocycles. The molecule has 0 aliphatic carbocycles. The average molecular weight is 206 g/mol. The summed E-state index contributed by atoms with van der Waals surface area (Å²) in [5.41, 5.74) is 14.0. The van der Waals surface area contributed by atoms with E-state index in [1.165, 1.54) is 11.1 Å². The number of fused-ring (bicyclic) bond motifs is 1. The largest absolute Gasteiger partial charge is 0.493 e. The maximum atomic E-state index is 6.08. The van der Waals surface area contributed by atoms with Crippen molar-refractivity contribution in [1.82, 2.24) is 0 Å². The highest BCUT2D eigenvalue weighted by molar-refractivity contribution is 5.40. The van der Waals surface area contributed by atoms with Gasteiger partial charge in [0.25, 0.3) is 0 Å². The standard InChI is InChI=1S/C12H18N2O/c13-6-1-2-11(14)9-3-4-12-10(8-9)5-7-15-12/h3-4,8,11H,1-2,5-7,13-14H2/t11-/m0/s1. The van der Waals surface area contributed by atoms with Crippen LogP contribution in [0.15, 0.2) is 18.2 Å². The Kier molecular flexibility index (Phi) is 3.23. The van der Waals surface area contributed by atoms with Gasteiger partial charge in [0.05, 0.1) is 6.61 Å². The Hall–Kier alpha value is -1.06. The molecule has 0 bridgehead atoms. The third-order valence-corrected chi connectivity index (χ3v) is 2.86. The van der Waals surface area contributed by atoms with Crippen LogP contribution in [0.2, 0.25) is 0 Å². The molecule has 0 radical (unpaired) electrons. The molecular weight excluding hydrogens is 188 g/mol. The molecule has 82 valence electrons. The van der Waals surface area contributed by atoms with Gasteiger partial charge in [-0.25, -0.2) is 0 Å². The summed E-state index contributed by atoms with van der Waals surface area (Å²) in [6.45, 7) is 1.51. The van der Waals surface area contributed by atoms with E-state index in [9.17, 15) is 0 Å². The lowest BCUT2D eigenvalue weighted by molar-refractivity contribution is 0.357. The molecule has 3 heteroatoms. The van der Waals surface area contributed by atoms with Crippen molar-refractivity contribution in [2.45, 2.75) is 25.3 Å². The second kappa shape index (κ2) is 4.64. The molecule has 0 amide bonds. The minimum absolute atomic E-state index is 0.111. The highest BCUT2D eigenvalue weighted by Gasteiger charge is 2.14. The molecular formula is C12H18N2O. The Balaban J connectivity index is 2.08. The van der Waals surface area contributed by atoms with Crippen LogP contribution in [0.25, 0.3) is 0 Å². The van der Waals surface area contributed by atoms with E-state index in [-0.39, 0.29) is 6.04 Å². The number of hydrogen-bond donors (Lipinski definition) is 2. The van der Waals surface area contributed by atoms with E-state index in [0.29, 0.717) is 6.54 Å². The predicted octanol–water partition coefficient (Wildman–Crippen LogP) is 1.36. The van der Waals surface area contributed by atoms with Crippen LogP contribution in [0.5, 0.6) is 5.75 Å². The maximum Gasteiger partial charge on any atom is 0.122 e. The smallest absolute Gasteiger partial charge is 0.122 e. The average Bonchev–Trinajstić information content (AvgIpc) is 2.72. The number of hydrogen-bond acceptors (Lipinski definition) is 3. The maximum absolute atomic E-state index is 6.08. The zero-order valence-electron chi connectivity index (χ0n) is 8.91. The van der Waals surface area contributed by atoms with Crippen molar-refractivity contribution in [3.63, 3.8) is 0 Å². The van der Waals surface area contributed by atoms with Gasteiger partial charge in [0, 0.05) is 12.5 Å². The fourth-order valence-electron chi connectivity index (χ4n) is 1.94. The molecule has 1 aliphatic heterocycles. The summed E-state index contributed by atoms with van der Waals surface area (Å²) < 4.78 is 5.45. The van der Waals surface area contributed by atoms with Crippen molar-refractivity contribution < 1.29 is 4.74 Å². The highest BCUT2D eigenvalue weighted by Crippen LogP contribution is 2.28. The minimum atomic E-state index is 0.111. The van der Waals surface area contributed by atoms with Crippen LogP contribution >= 0.6 is 0 Å². The summed E-state index contributed by atoms with van der Waals surface area (Å²) >= 11 is 0. The van der Waals surface area contributed by atoms with Crippen molar-refractivity contribution in [2.24, 2.45) is 11.5 Å². The quantitative estimate of drug-likeness (QED) is 0.782. The number of benzene rings is 1. The second-order valence-corrected chi connectivity index (χ2v) is 4.00. The van der Waals surface area contributed by atoms with E-state index in [1.54, 1.807) is 0 Å². The summed E-state index contributed by atoms with van der Waals surface area (Å²) in [4.78, 5) is 0. The predicted molar refractivity (Wildman–Crippen MR) is 60.9 cm³/mol. The summed E-state index contributed by atoms with van der Waals surface area (Å²) in [6, 6.07) is 6.37. The Labute approximate surface area is 90.4 Å². The molecule has 0 spiro atoms. The van der Waals surface area contributed by atoms with Crippen molar-refractivity contribution in [3.05, 3.63) is 29.3 Å². The van der Waals surface area contributed by atoms with Crippen LogP contribution in [0.3, 0.4) is 0 Å². The summed E-state index contributed by atoms with van der Waals surface area (Å²) in [6.07, 6.45) is 2.94. The number of rotatable bonds is 4. The first-order chi connectivity index (χ1) is 7.31. The Morgan fingerprint density at radius 2 is 2.27 bits per heavy atom. The van der Waals surface area contributed by atoms with Crippen molar-refractivity contribution in [2.75, 3.05) is 13.2 Å². The van der Waals surface area contributed by atoms with Gasteiger partial charge >= 0.3 is 0 Å². The molecule has 2 rings (SSSR count). The van der Waals surface area contributed by atoms with Crippen LogP contribution in [0, 0.1) is 0 Å². The van der Waals surface area contributed by atoms with Crippen LogP contribution in [0.4, 0.5) is 0 Å². The summed E-state index contributed by atoms with van der Waals surface area (Å²) in [5, 5.41) is 0. The Bertz CT molecular complexity index is 338. The number of ether oxygens (including phenoxy) is 1. The molecule has 1 heterocycles. The highest BCUT2D eigenvalue weighted by atomic mass is 16.5. The molecule has 0 fully saturated rings. The zero-order valence-corrected chi connectivity index (χ0v) is 8.91. The van der Waals surface area contributed by atoms with Gasteiger partial charge in [-0.2, -0.15) is 0 Å². The van der Waals surface area contributed by atoms with Gasteiger partial charge in [-0.05, 0) is 36.6 Å². The normalized spacial score (nSPS) is 15.9. The lowest BCUT2D eigenvalue weighted by Crippen LogP contribution is -2.12. The fourth-order valence-corrected chi connectivity index (χ4v) is 1.94. The third kappa shape index (κ3) is 2.30. The van der Waals surface area contributed by atoms with Crippen LogP contribution in [-0.4, -0.2) is 13.2 Å². The molecule has 1 aromatic rings. The van der Waals surface area contributed by atoms with E-state index in [4.69, 9.17) is 16.2 Å². The lowest BCUT2D eigenvalue weighted by atomic mass is 10.00. The second-order valence-electron chi connectivity index (χ2n) is 4.00. The molecule has 4 N–H and O–H groups in total. The lowest BCUT2D eigenvalue weighted by Gasteiger charge is -2.12.